The van der Waals surface area contributed by atoms with Crippen molar-refractivity contribution in [3.8, 4) is 0 Å². The molecule has 1 unspecified atom stereocenters. The van der Waals surface area contributed by atoms with Crippen LogP contribution in [0.1, 0.15) is 66.2 Å². The van der Waals surface area contributed by atoms with Crippen LogP contribution in [0.15, 0.2) is 0 Å². The first-order valence-electron chi connectivity index (χ1n) is 7.76. The van der Waals surface area contributed by atoms with Crippen LogP contribution in [-0.2, 0) is 14.3 Å². The molecule has 3 nitrogen and oxygen atoms in total. The van der Waals surface area contributed by atoms with E-state index >= 15 is 0 Å². The van der Waals surface area contributed by atoms with E-state index in [2.05, 4.69) is 43.6 Å². The maximum absolute atomic E-state index is 12.4. The predicted molar refractivity (Wildman–Crippen MR) is 88.5 cm³/mol. The Hall–Kier alpha value is -0.380. The van der Waals surface area contributed by atoms with Gasteiger partial charge in [-0.2, -0.15) is 0 Å². The second kappa shape index (κ2) is 6.80. The molecule has 0 bridgehead atoms. The molecule has 0 spiro atoms. The lowest BCUT2D eigenvalue weighted by atomic mass is 9.65. The Morgan fingerprint density at radius 2 is 1.90 bits per heavy atom. The van der Waals surface area contributed by atoms with Gasteiger partial charge in [0, 0.05) is 11.8 Å². The van der Waals surface area contributed by atoms with Crippen molar-refractivity contribution >= 4 is 27.7 Å². The van der Waals surface area contributed by atoms with Gasteiger partial charge in [-0.05, 0) is 42.9 Å². The van der Waals surface area contributed by atoms with Gasteiger partial charge in [-0.3, -0.25) is 9.59 Å². The maximum Gasteiger partial charge on any atom is 0.319 e. The Labute approximate surface area is 137 Å². The van der Waals surface area contributed by atoms with Crippen molar-refractivity contribution in [2.75, 3.05) is 12.4 Å². The van der Waals surface area contributed by atoms with Crippen molar-refractivity contribution < 1.29 is 14.3 Å². The van der Waals surface area contributed by atoms with Crippen LogP contribution in [0.2, 0.25) is 0 Å². The molecule has 0 aliphatic heterocycles. The Balaban J connectivity index is 2.93. The molecular formula is C17H29BrO3. The highest BCUT2D eigenvalue weighted by Crippen LogP contribution is 2.49. The molecule has 0 aromatic carbocycles. The van der Waals surface area contributed by atoms with Crippen molar-refractivity contribution in [3.05, 3.63) is 0 Å². The normalized spacial score (nSPS) is 23.4. The number of carbonyl (C=O) groups excluding carboxylic acids is 2. The molecule has 0 saturated heterocycles. The van der Waals surface area contributed by atoms with Crippen LogP contribution in [0.3, 0.4) is 0 Å². The molecule has 21 heavy (non-hydrogen) atoms. The largest absolute Gasteiger partial charge is 0.468 e. The van der Waals surface area contributed by atoms with E-state index in [1.807, 2.05) is 0 Å². The smallest absolute Gasteiger partial charge is 0.319 e. The van der Waals surface area contributed by atoms with Crippen molar-refractivity contribution in [1.29, 1.82) is 0 Å². The summed E-state index contributed by atoms with van der Waals surface area (Å²) in [6.07, 6.45) is 4.61. The third-order valence-electron chi connectivity index (χ3n) is 4.63. The summed E-state index contributed by atoms with van der Waals surface area (Å²) >= 11 is 3.51. The highest BCUT2D eigenvalue weighted by molar-refractivity contribution is 9.09. The van der Waals surface area contributed by atoms with E-state index in [1.165, 1.54) is 7.11 Å². The van der Waals surface area contributed by atoms with Gasteiger partial charge in [0.2, 0.25) is 0 Å². The number of ether oxygens (including phenoxy) is 1. The number of hydrogen-bond donors (Lipinski definition) is 0. The summed E-state index contributed by atoms with van der Waals surface area (Å²) in [5.41, 5.74) is -0.783. The van der Waals surface area contributed by atoms with Crippen molar-refractivity contribution in [3.63, 3.8) is 0 Å². The molecule has 1 rings (SSSR count). The van der Waals surface area contributed by atoms with E-state index in [0.29, 0.717) is 19.3 Å². The third kappa shape index (κ3) is 4.54. The summed E-state index contributed by atoms with van der Waals surface area (Å²) in [7, 11) is 1.39. The van der Waals surface area contributed by atoms with Crippen molar-refractivity contribution in [2.45, 2.75) is 66.2 Å². The number of carbonyl (C=O) groups is 2. The Kier molecular flexibility index (Phi) is 6.05. The summed E-state index contributed by atoms with van der Waals surface area (Å²) in [6, 6.07) is 0. The fraction of sp³-hybridized carbons (Fsp3) is 0.882. The molecule has 1 saturated carbocycles. The van der Waals surface area contributed by atoms with Crippen molar-refractivity contribution in [1.82, 2.24) is 0 Å². The zero-order chi connectivity index (χ0) is 16.3. The van der Waals surface area contributed by atoms with Crippen LogP contribution in [0, 0.1) is 16.2 Å². The first-order valence-corrected chi connectivity index (χ1v) is 8.88. The second-order valence-electron chi connectivity index (χ2n) is 7.97. The Bertz CT molecular complexity index is 401. The summed E-state index contributed by atoms with van der Waals surface area (Å²) in [5, 5.41) is 0.969. The van der Waals surface area contributed by atoms with Gasteiger partial charge in [0.25, 0.3) is 0 Å². The Morgan fingerprint density at radius 1 is 1.29 bits per heavy atom. The SMILES string of the molecule is COC(=O)C1(CC(C)(C)CC(C)(C)CCBr)CCCC1=O. The first kappa shape index (κ1) is 18.7. The van der Waals surface area contributed by atoms with Crippen LogP contribution in [-0.4, -0.2) is 24.2 Å². The zero-order valence-corrected chi connectivity index (χ0v) is 15.6. The summed E-state index contributed by atoms with van der Waals surface area (Å²) < 4.78 is 4.96. The minimum Gasteiger partial charge on any atom is -0.468 e. The molecule has 4 heteroatoms. The maximum atomic E-state index is 12.4. The molecule has 1 fully saturated rings. The van der Waals surface area contributed by atoms with Crippen LogP contribution < -0.4 is 0 Å². The van der Waals surface area contributed by atoms with Crippen LogP contribution in [0.25, 0.3) is 0 Å². The quantitative estimate of drug-likeness (QED) is 0.381. The molecule has 0 heterocycles. The monoisotopic (exact) mass is 360 g/mol. The first-order chi connectivity index (χ1) is 9.58. The van der Waals surface area contributed by atoms with Gasteiger partial charge in [0.15, 0.2) is 0 Å². The van der Waals surface area contributed by atoms with Crippen LogP contribution in [0.5, 0.6) is 0 Å². The molecule has 0 N–H and O–H groups in total. The molecule has 122 valence electrons. The lowest BCUT2D eigenvalue weighted by Gasteiger charge is -2.39. The molecular weight excluding hydrogens is 332 g/mol. The van der Waals surface area contributed by atoms with Gasteiger partial charge in [-0.1, -0.05) is 43.6 Å². The van der Waals surface area contributed by atoms with Gasteiger partial charge >= 0.3 is 5.97 Å². The fourth-order valence-electron chi connectivity index (χ4n) is 4.12. The van der Waals surface area contributed by atoms with E-state index in [0.717, 1.165) is 24.6 Å². The van der Waals surface area contributed by atoms with Gasteiger partial charge < -0.3 is 4.74 Å². The minimum absolute atomic E-state index is 0.0696. The number of esters is 1. The zero-order valence-electron chi connectivity index (χ0n) is 14.1. The third-order valence-corrected chi connectivity index (χ3v) is 5.02. The molecule has 1 aliphatic rings. The van der Waals surface area contributed by atoms with E-state index in [9.17, 15) is 9.59 Å². The van der Waals surface area contributed by atoms with Gasteiger partial charge in [-0.15, -0.1) is 0 Å². The predicted octanol–water partition coefficient (Wildman–Crippen LogP) is 4.52. The van der Waals surface area contributed by atoms with Gasteiger partial charge in [0.1, 0.15) is 11.2 Å². The number of rotatable bonds is 7. The topological polar surface area (TPSA) is 43.4 Å². The highest BCUT2D eigenvalue weighted by atomic mass is 79.9. The van der Waals surface area contributed by atoms with E-state index < -0.39 is 5.41 Å². The molecule has 0 amide bonds. The lowest BCUT2D eigenvalue weighted by Crippen LogP contribution is -2.41. The van der Waals surface area contributed by atoms with Crippen LogP contribution >= 0.6 is 15.9 Å². The molecule has 1 aliphatic carbocycles. The summed E-state index contributed by atoms with van der Waals surface area (Å²) in [4.78, 5) is 24.6. The molecule has 0 aromatic rings. The lowest BCUT2D eigenvalue weighted by molar-refractivity contribution is -0.159. The summed E-state index contributed by atoms with van der Waals surface area (Å²) in [6.45, 7) is 8.83. The number of alkyl halides is 1. The van der Waals surface area contributed by atoms with Gasteiger partial charge in [0.05, 0.1) is 7.11 Å². The Morgan fingerprint density at radius 3 is 2.33 bits per heavy atom. The molecule has 1 atom stereocenters. The number of hydrogen-bond acceptors (Lipinski definition) is 3. The van der Waals surface area contributed by atoms with E-state index in [-0.39, 0.29) is 22.6 Å². The number of Topliss-reactive ketones (excluding diaryl/α,β-unsaturated/α-hetero) is 1. The van der Waals surface area contributed by atoms with Gasteiger partial charge in [-0.25, -0.2) is 0 Å². The highest BCUT2D eigenvalue weighted by Gasteiger charge is 2.52. The van der Waals surface area contributed by atoms with E-state index in [4.69, 9.17) is 4.74 Å². The molecule has 0 radical (unpaired) electrons. The number of ketones is 1. The van der Waals surface area contributed by atoms with Crippen LogP contribution in [0.4, 0.5) is 0 Å². The molecule has 0 aromatic heterocycles. The van der Waals surface area contributed by atoms with E-state index in [1.54, 1.807) is 0 Å². The number of methoxy groups -OCH3 is 1. The second-order valence-corrected chi connectivity index (χ2v) is 8.76. The fourth-order valence-corrected chi connectivity index (χ4v) is 5.19. The average molecular weight is 361 g/mol. The summed E-state index contributed by atoms with van der Waals surface area (Å²) in [5.74, 6) is -0.267. The van der Waals surface area contributed by atoms with Crippen molar-refractivity contribution in [2.24, 2.45) is 16.2 Å². The average Bonchev–Trinajstić information content (AvgIpc) is 2.68. The standard InChI is InChI=1S/C17H29BrO3/c1-15(2,9-10-18)11-16(3,4)12-17(14(20)21-5)8-6-7-13(17)19/h6-12H2,1-5H3. The minimum atomic E-state index is -0.900. The number of halogens is 1.